The molecule has 5 heterocycles. The molecule has 5 aliphatic rings. The van der Waals surface area contributed by atoms with Gasteiger partial charge in [0.15, 0.2) is 17.3 Å². The van der Waals surface area contributed by atoms with Crippen LogP contribution in [0.5, 0.6) is 5.75 Å². The number of ether oxygens (including phenoxy) is 1. The molecule has 11 nitrogen and oxygen atoms in total. The number of aryl methyl sites for hydroxylation is 2. The molecule has 3 saturated carbocycles. The Balaban J connectivity index is 0.728. The lowest BCUT2D eigenvalue weighted by atomic mass is 9.58. The van der Waals surface area contributed by atoms with Crippen molar-refractivity contribution in [2.24, 2.45) is 16.3 Å². The van der Waals surface area contributed by atoms with E-state index in [0.29, 0.717) is 27.9 Å². The highest BCUT2D eigenvalue weighted by Gasteiger charge is 2.51. The minimum absolute atomic E-state index is 0.0354. The molecule has 304 valence electrons. The zero-order chi connectivity index (χ0) is 41.2. The Hall–Kier alpha value is -5.56. The van der Waals surface area contributed by atoms with Gasteiger partial charge < -0.3 is 15.0 Å². The Labute approximate surface area is 359 Å². The van der Waals surface area contributed by atoms with Crippen LogP contribution < -0.4 is 15.0 Å². The summed E-state index contributed by atoms with van der Waals surface area (Å²) in [5.74, 6) is 10.6. The molecule has 2 aromatic carbocycles. The molecular formula is C47H46ClN9O2S. The van der Waals surface area contributed by atoms with Gasteiger partial charge in [-0.05, 0) is 132 Å². The summed E-state index contributed by atoms with van der Waals surface area (Å²) in [6, 6.07) is 19.6. The number of piperidine rings is 1. The molecule has 0 unspecified atom stereocenters. The molecule has 0 radical (unpaired) electrons. The number of nitrogens with zero attached hydrogens (tertiary/aromatic N) is 8. The number of fused-ring (bicyclic) bond motifs is 4. The quantitative estimate of drug-likeness (QED) is 0.168. The van der Waals surface area contributed by atoms with Crippen LogP contribution in [0.25, 0.3) is 5.00 Å². The van der Waals surface area contributed by atoms with Crippen molar-refractivity contribution in [3.63, 3.8) is 0 Å². The highest BCUT2D eigenvalue weighted by Crippen LogP contribution is 2.53. The molecule has 2 spiro atoms. The van der Waals surface area contributed by atoms with Crippen molar-refractivity contribution in [1.29, 1.82) is 5.26 Å². The van der Waals surface area contributed by atoms with Crippen molar-refractivity contribution < 1.29 is 9.53 Å². The topological polar surface area (TPSA) is 134 Å². The standard InChI is InChI=1S/C47H46ClN9O2S/c1-28-29(2)60-44-41(28)42(51-47(20-21-47)45-55-52-30(3)57(44)45)33-9-7-31(8-10-33)5-6-32-24-46(25-32)19-4-22-56(27-46)40-18-17-39(53-54-40)43(58)50-35-12-15-36(16-13-35)59-37-14-11-34(26-49)38(48)23-37/h7-11,14,17-18,23,32,35-36H,4,12-13,15-16,19-22,24-25,27H2,1-3H3,(H,50,58)/t32?,35-,36-,46?. The fraction of sp³-hybridized carbons (Fsp3) is 0.426. The largest absolute Gasteiger partial charge is 0.490 e. The monoisotopic (exact) mass is 835 g/mol. The number of carbonyl (C=O) groups excluding carboxylic acids is 1. The molecule has 13 heteroatoms. The molecule has 1 amide bonds. The first-order chi connectivity index (χ1) is 29.1. The van der Waals surface area contributed by atoms with Gasteiger partial charge in [-0.2, -0.15) is 5.26 Å². The van der Waals surface area contributed by atoms with Crippen LogP contribution >= 0.6 is 22.9 Å². The molecule has 1 N–H and O–H groups in total. The van der Waals surface area contributed by atoms with Crippen LogP contribution in [0.15, 0.2) is 59.6 Å². The number of benzene rings is 2. The van der Waals surface area contributed by atoms with Gasteiger partial charge in [0.05, 0.1) is 22.4 Å². The molecule has 0 bridgehead atoms. The van der Waals surface area contributed by atoms with Gasteiger partial charge in [0.2, 0.25) is 0 Å². The lowest BCUT2D eigenvalue weighted by molar-refractivity contribution is 0.0684. The van der Waals surface area contributed by atoms with E-state index in [4.69, 9.17) is 26.6 Å². The maximum absolute atomic E-state index is 13.1. The van der Waals surface area contributed by atoms with E-state index in [1.54, 1.807) is 35.6 Å². The fourth-order valence-corrected chi connectivity index (χ4v) is 11.1. The Morgan fingerprint density at radius 1 is 0.967 bits per heavy atom. The van der Waals surface area contributed by atoms with E-state index in [0.717, 1.165) is 105 Å². The maximum Gasteiger partial charge on any atom is 0.272 e. The Kier molecular flexibility index (Phi) is 9.76. The lowest BCUT2D eigenvalue weighted by Gasteiger charge is -2.51. The predicted molar refractivity (Wildman–Crippen MR) is 232 cm³/mol. The van der Waals surface area contributed by atoms with E-state index < -0.39 is 0 Å². The van der Waals surface area contributed by atoms with Crippen molar-refractivity contribution in [3.05, 3.63) is 110 Å². The van der Waals surface area contributed by atoms with Crippen molar-refractivity contribution in [1.82, 2.24) is 30.3 Å². The van der Waals surface area contributed by atoms with E-state index in [9.17, 15) is 4.79 Å². The van der Waals surface area contributed by atoms with Gasteiger partial charge in [-0.3, -0.25) is 14.4 Å². The third-order valence-electron chi connectivity index (χ3n) is 13.3. The molecular weight excluding hydrogens is 790 g/mol. The van der Waals surface area contributed by atoms with Gasteiger partial charge in [0.1, 0.15) is 28.2 Å². The second kappa shape index (κ2) is 15.2. The third kappa shape index (κ3) is 7.14. The minimum Gasteiger partial charge on any atom is -0.490 e. The Bertz CT molecular complexity index is 2630. The zero-order valence-corrected chi connectivity index (χ0v) is 35.7. The van der Waals surface area contributed by atoms with E-state index in [2.05, 4.69) is 91.2 Å². The van der Waals surface area contributed by atoms with Gasteiger partial charge >= 0.3 is 0 Å². The summed E-state index contributed by atoms with van der Waals surface area (Å²) >= 11 is 7.97. The Morgan fingerprint density at radius 2 is 1.77 bits per heavy atom. The number of halogens is 1. The molecule has 60 heavy (non-hydrogen) atoms. The van der Waals surface area contributed by atoms with Crippen LogP contribution in [0.3, 0.4) is 0 Å². The summed E-state index contributed by atoms with van der Waals surface area (Å²) in [6.45, 7) is 8.29. The normalized spacial score (nSPS) is 23.6. The number of aliphatic imine (C=N–C) groups is 1. The number of anilines is 1. The molecule has 5 aromatic rings. The van der Waals surface area contributed by atoms with Crippen LogP contribution in [0.1, 0.15) is 119 Å². The number of carbonyl (C=O) groups is 1. The van der Waals surface area contributed by atoms with Crippen LogP contribution in [0.2, 0.25) is 5.02 Å². The first-order valence-corrected chi connectivity index (χ1v) is 22.3. The number of nitriles is 1. The van der Waals surface area contributed by atoms with Gasteiger partial charge in [-0.1, -0.05) is 35.6 Å². The van der Waals surface area contributed by atoms with Gasteiger partial charge in [0.25, 0.3) is 5.91 Å². The second-order valence-electron chi connectivity index (χ2n) is 17.4. The van der Waals surface area contributed by atoms with Crippen LogP contribution in [0, 0.1) is 55.3 Å². The molecule has 1 saturated heterocycles. The van der Waals surface area contributed by atoms with Gasteiger partial charge in [0, 0.05) is 52.7 Å². The highest BCUT2D eigenvalue weighted by molar-refractivity contribution is 7.15. The summed E-state index contributed by atoms with van der Waals surface area (Å²) in [6.07, 6.45) is 9.71. The number of aromatic nitrogens is 5. The number of thiophene rings is 1. The fourth-order valence-electron chi connectivity index (χ4n) is 9.71. The van der Waals surface area contributed by atoms with Crippen molar-refractivity contribution in [2.45, 2.75) is 103 Å². The van der Waals surface area contributed by atoms with E-state index >= 15 is 0 Å². The van der Waals surface area contributed by atoms with Gasteiger partial charge in [-0.15, -0.1) is 31.7 Å². The summed E-state index contributed by atoms with van der Waals surface area (Å²) in [7, 11) is 0. The van der Waals surface area contributed by atoms with Crippen molar-refractivity contribution >= 4 is 40.4 Å². The third-order valence-corrected chi connectivity index (χ3v) is 14.8. The lowest BCUT2D eigenvalue weighted by Crippen LogP contribution is -2.50. The van der Waals surface area contributed by atoms with Crippen molar-refractivity contribution in [3.8, 4) is 28.7 Å². The van der Waals surface area contributed by atoms with Crippen molar-refractivity contribution in [2.75, 3.05) is 18.0 Å². The molecule has 4 fully saturated rings. The molecule has 2 aliphatic heterocycles. The van der Waals surface area contributed by atoms with E-state index in [1.807, 2.05) is 13.0 Å². The van der Waals surface area contributed by atoms with E-state index in [-0.39, 0.29) is 29.0 Å². The number of amides is 1. The molecule has 3 aromatic heterocycles. The zero-order valence-electron chi connectivity index (χ0n) is 34.1. The summed E-state index contributed by atoms with van der Waals surface area (Å²) in [5.41, 5.74) is 6.37. The average molecular weight is 836 g/mol. The molecule has 10 rings (SSSR count). The van der Waals surface area contributed by atoms with Crippen LogP contribution in [-0.4, -0.2) is 61.8 Å². The van der Waals surface area contributed by atoms with Crippen LogP contribution in [0.4, 0.5) is 5.82 Å². The highest BCUT2D eigenvalue weighted by atomic mass is 35.5. The average Bonchev–Trinajstić information content (AvgIpc) is 3.86. The van der Waals surface area contributed by atoms with Crippen LogP contribution in [-0.2, 0) is 5.54 Å². The predicted octanol–water partition coefficient (Wildman–Crippen LogP) is 8.58. The summed E-state index contributed by atoms with van der Waals surface area (Å²) in [5, 5.41) is 31.8. The smallest absolute Gasteiger partial charge is 0.272 e. The maximum atomic E-state index is 13.1. The number of hydrogen-bond donors (Lipinski definition) is 1. The van der Waals surface area contributed by atoms with E-state index in [1.165, 1.54) is 27.4 Å². The second-order valence-corrected chi connectivity index (χ2v) is 19.0. The first-order valence-electron chi connectivity index (χ1n) is 21.1. The first kappa shape index (κ1) is 38.6. The number of rotatable bonds is 6. The minimum atomic E-state index is -0.292. The summed E-state index contributed by atoms with van der Waals surface area (Å²) in [4.78, 5) is 22.2. The summed E-state index contributed by atoms with van der Waals surface area (Å²) < 4.78 is 8.36. The SMILES string of the molecule is Cc1sc2c(c1C)C(c1ccc(C#CC3CC4(CCCN(c5ccc(C(=O)N[C@H]6CC[C@H](Oc7ccc(C#N)c(Cl)c7)CC6)nn5)C4)C3)cc1)=NC1(CC1)c1nnc(C)n1-2. The number of hydrogen-bond acceptors (Lipinski definition) is 10. The molecule has 3 aliphatic carbocycles. The molecule has 0 atom stereocenters. The van der Waals surface area contributed by atoms with Gasteiger partial charge in [-0.25, -0.2) is 0 Å². The Morgan fingerprint density at radius 3 is 2.48 bits per heavy atom. The number of nitrogens with one attached hydrogen (secondary N) is 1.